The lowest BCUT2D eigenvalue weighted by Crippen LogP contribution is -2.56. The molecule has 200 valence electrons. The second kappa shape index (κ2) is 11.1. The minimum atomic E-state index is -3.82. The second-order valence-corrected chi connectivity index (χ2v) is 12.1. The van der Waals surface area contributed by atoms with Crippen LogP contribution < -0.4 is 10.4 Å². The highest BCUT2D eigenvalue weighted by Crippen LogP contribution is 2.35. The third kappa shape index (κ3) is 5.88. The number of ether oxygens (including phenoxy) is 2. The normalized spacial score (nSPS) is 22.9. The summed E-state index contributed by atoms with van der Waals surface area (Å²) in [6, 6.07) is 5.63. The maximum absolute atomic E-state index is 13.4. The number of nitrogens with one attached hydrogen (secondary N) is 1. The lowest BCUT2D eigenvalue weighted by atomic mass is 9.79. The summed E-state index contributed by atoms with van der Waals surface area (Å²) in [6.45, 7) is 4.71. The van der Waals surface area contributed by atoms with Crippen LogP contribution >= 0.6 is 11.6 Å². The van der Waals surface area contributed by atoms with E-state index in [0.717, 1.165) is 11.3 Å². The van der Waals surface area contributed by atoms with Crippen LogP contribution in [0, 0.1) is 12.3 Å². The summed E-state index contributed by atoms with van der Waals surface area (Å²) < 4.78 is 38.8. The largest absolute Gasteiger partial charge is 0.444 e. The van der Waals surface area contributed by atoms with E-state index in [1.807, 2.05) is 25.1 Å². The lowest BCUT2D eigenvalue weighted by Gasteiger charge is -2.41. The molecule has 2 amide bonds. The first-order chi connectivity index (χ1) is 17.1. The van der Waals surface area contributed by atoms with Crippen molar-refractivity contribution in [2.24, 2.45) is 5.41 Å². The van der Waals surface area contributed by atoms with E-state index in [4.69, 9.17) is 21.1 Å². The summed E-state index contributed by atoms with van der Waals surface area (Å²) in [7, 11) is -3.82. The zero-order chi connectivity index (χ0) is 25.9. The number of aryl methyl sites for hydroxylation is 1. The molecule has 0 unspecified atom stereocenters. The predicted molar refractivity (Wildman–Crippen MR) is 133 cm³/mol. The van der Waals surface area contributed by atoms with Crippen LogP contribution in [0.1, 0.15) is 24.8 Å². The molecule has 3 saturated heterocycles. The fraction of sp³-hybridized carbons (Fsp3) is 0.652. The van der Waals surface area contributed by atoms with Gasteiger partial charge in [0.2, 0.25) is 10.0 Å². The molecule has 11 nitrogen and oxygen atoms in total. The van der Waals surface area contributed by atoms with E-state index < -0.39 is 33.2 Å². The highest BCUT2D eigenvalue weighted by Gasteiger charge is 2.47. The molecule has 3 heterocycles. The molecule has 0 spiro atoms. The van der Waals surface area contributed by atoms with Gasteiger partial charge in [0, 0.05) is 56.4 Å². The van der Waals surface area contributed by atoms with Gasteiger partial charge in [-0.15, -0.1) is 0 Å². The minimum Gasteiger partial charge on any atom is -0.444 e. The Balaban J connectivity index is 1.38. The summed E-state index contributed by atoms with van der Waals surface area (Å²) in [5.74, 6) is -1.20. The van der Waals surface area contributed by atoms with Crippen molar-refractivity contribution in [1.82, 2.24) is 14.7 Å². The number of sulfonamides is 1. The van der Waals surface area contributed by atoms with E-state index in [1.54, 1.807) is 5.48 Å². The highest BCUT2D eigenvalue weighted by molar-refractivity contribution is 7.89. The number of anilines is 1. The van der Waals surface area contributed by atoms with Gasteiger partial charge in [-0.3, -0.25) is 10.0 Å². The van der Waals surface area contributed by atoms with Crippen molar-refractivity contribution < 1.29 is 32.7 Å². The first kappa shape index (κ1) is 26.9. The van der Waals surface area contributed by atoms with E-state index in [2.05, 4.69) is 4.90 Å². The Kier molecular flexibility index (Phi) is 8.30. The molecule has 0 bridgehead atoms. The van der Waals surface area contributed by atoms with Crippen molar-refractivity contribution in [3.8, 4) is 0 Å². The predicted octanol–water partition coefficient (Wildman–Crippen LogP) is 1.61. The number of piperazine rings is 1. The third-order valence-corrected chi connectivity index (χ3v) is 9.62. The number of carbonyl (C=O) groups excluding carboxylic acids is 2. The lowest BCUT2D eigenvalue weighted by molar-refractivity contribution is -0.141. The molecule has 1 aromatic rings. The topological polar surface area (TPSA) is 129 Å². The molecule has 0 saturated carbocycles. The first-order valence-corrected chi connectivity index (χ1v) is 14.1. The van der Waals surface area contributed by atoms with Gasteiger partial charge in [-0.05, 0) is 37.5 Å². The molecule has 4 rings (SSSR count). The number of likely N-dealkylation sites (tertiary alicyclic amines) is 1. The highest BCUT2D eigenvalue weighted by atomic mass is 35.5. The number of hydroxylamine groups is 1. The van der Waals surface area contributed by atoms with Gasteiger partial charge in [-0.1, -0.05) is 17.7 Å². The molecule has 1 atom stereocenters. The van der Waals surface area contributed by atoms with Gasteiger partial charge in [0.15, 0.2) is 0 Å². The SMILES string of the molecule is Cc1ccc(Cl)cc1N1CCN(S(=O)(=O)CC2(C(=O)NO)CCN(C(=O)O[C@H]3CCOC3)CC2)CC1. The number of amides is 2. The molecule has 36 heavy (non-hydrogen) atoms. The molecule has 0 aromatic heterocycles. The van der Waals surface area contributed by atoms with Crippen LogP contribution in [-0.2, 0) is 24.3 Å². The minimum absolute atomic E-state index is 0.0938. The van der Waals surface area contributed by atoms with Crippen molar-refractivity contribution in [1.29, 1.82) is 0 Å². The molecule has 3 fully saturated rings. The first-order valence-electron chi connectivity index (χ1n) is 12.1. The quantitative estimate of drug-likeness (QED) is 0.408. The maximum atomic E-state index is 13.4. The average molecular weight is 545 g/mol. The van der Waals surface area contributed by atoms with Crippen molar-refractivity contribution >= 4 is 39.3 Å². The van der Waals surface area contributed by atoms with Crippen molar-refractivity contribution in [2.75, 3.05) is 63.1 Å². The van der Waals surface area contributed by atoms with Crippen LogP contribution in [0.4, 0.5) is 10.5 Å². The Labute approximate surface area is 216 Å². The monoisotopic (exact) mass is 544 g/mol. The molecular formula is C23H33ClN4O7S. The number of carbonyl (C=O) groups is 2. The van der Waals surface area contributed by atoms with Crippen LogP contribution in [0.3, 0.4) is 0 Å². The van der Waals surface area contributed by atoms with Crippen LogP contribution in [0.2, 0.25) is 5.02 Å². The zero-order valence-electron chi connectivity index (χ0n) is 20.3. The average Bonchev–Trinajstić information content (AvgIpc) is 3.38. The van der Waals surface area contributed by atoms with Gasteiger partial charge in [0.25, 0.3) is 5.91 Å². The van der Waals surface area contributed by atoms with Crippen LogP contribution in [0.25, 0.3) is 0 Å². The van der Waals surface area contributed by atoms with Crippen LogP contribution in [0.5, 0.6) is 0 Å². The number of hydrogen-bond acceptors (Lipinski definition) is 8. The summed E-state index contributed by atoms with van der Waals surface area (Å²) in [6.07, 6.45) is 0.0323. The molecular weight excluding hydrogens is 512 g/mol. The number of nitrogens with zero attached hydrogens (tertiary/aromatic N) is 3. The second-order valence-electron chi connectivity index (χ2n) is 9.65. The standard InChI is InChI=1S/C23H33ClN4O7S/c1-17-2-3-18(24)14-20(17)26-9-11-28(12-10-26)36(32,33)16-23(21(29)25-31)5-7-27(8-6-23)22(30)35-19-4-13-34-15-19/h2-3,14,19,31H,4-13,15-16H2,1H3,(H,25,29)/t19-/m0/s1. The molecule has 3 aliphatic heterocycles. The zero-order valence-corrected chi connectivity index (χ0v) is 21.9. The van der Waals surface area contributed by atoms with Crippen molar-refractivity contribution in [2.45, 2.75) is 32.3 Å². The Bertz CT molecular complexity index is 1060. The number of rotatable bonds is 6. The smallest absolute Gasteiger partial charge is 0.410 e. The van der Waals surface area contributed by atoms with E-state index in [0.29, 0.717) is 37.7 Å². The number of halogens is 1. The van der Waals surface area contributed by atoms with Gasteiger partial charge in [-0.25, -0.2) is 18.7 Å². The fourth-order valence-electron chi connectivity index (χ4n) is 5.07. The van der Waals surface area contributed by atoms with Crippen molar-refractivity contribution in [3.05, 3.63) is 28.8 Å². The fourth-order valence-corrected chi connectivity index (χ4v) is 7.25. The van der Waals surface area contributed by atoms with Gasteiger partial charge in [0.1, 0.15) is 6.10 Å². The van der Waals surface area contributed by atoms with Crippen molar-refractivity contribution in [3.63, 3.8) is 0 Å². The Morgan fingerprint density at radius 3 is 2.50 bits per heavy atom. The molecule has 0 aliphatic carbocycles. The summed E-state index contributed by atoms with van der Waals surface area (Å²) in [5, 5.41) is 10.0. The molecule has 1 aromatic carbocycles. The van der Waals surface area contributed by atoms with Gasteiger partial charge in [0.05, 0.1) is 24.4 Å². The number of hydrogen-bond donors (Lipinski definition) is 2. The Morgan fingerprint density at radius 2 is 1.89 bits per heavy atom. The summed E-state index contributed by atoms with van der Waals surface area (Å²) in [5.41, 5.74) is 2.33. The molecule has 2 N–H and O–H groups in total. The van der Waals surface area contributed by atoms with E-state index >= 15 is 0 Å². The van der Waals surface area contributed by atoms with Gasteiger partial charge >= 0.3 is 6.09 Å². The Hall–Kier alpha value is -2.12. The maximum Gasteiger partial charge on any atom is 0.410 e. The molecule has 13 heteroatoms. The number of piperidine rings is 1. The number of benzene rings is 1. The molecule has 3 aliphatic rings. The van der Waals surface area contributed by atoms with E-state index in [-0.39, 0.29) is 45.1 Å². The summed E-state index contributed by atoms with van der Waals surface area (Å²) in [4.78, 5) is 28.8. The molecule has 0 radical (unpaired) electrons. The Morgan fingerprint density at radius 1 is 1.19 bits per heavy atom. The van der Waals surface area contributed by atoms with Gasteiger partial charge < -0.3 is 19.3 Å². The van der Waals surface area contributed by atoms with E-state index in [1.165, 1.54) is 9.21 Å². The van der Waals surface area contributed by atoms with E-state index in [9.17, 15) is 23.2 Å². The van der Waals surface area contributed by atoms with Crippen LogP contribution in [-0.4, -0.2) is 99.2 Å². The van der Waals surface area contributed by atoms with Crippen LogP contribution in [0.15, 0.2) is 18.2 Å². The third-order valence-electron chi connectivity index (χ3n) is 7.32. The van der Waals surface area contributed by atoms with Gasteiger partial charge in [-0.2, -0.15) is 4.31 Å². The summed E-state index contributed by atoms with van der Waals surface area (Å²) >= 11 is 6.15.